The Labute approximate surface area is 134 Å². The van der Waals surface area contributed by atoms with E-state index in [-0.39, 0.29) is 23.0 Å². The fourth-order valence-corrected chi connectivity index (χ4v) is 6.40. The quantitative estimate of drug-likeness (QED) is 0.786. The van der Waals surface area contributed by atoms with Crippen LogP contribution < -0.4 is 0 Å². The van der Waals surface area contributed by atoms with Gasteiger partial charge in [-0.05, 0) is 32.1 Å². The predicted octanol–water partition coefficient (Wildman–Crippen LogP) is 1.43. The Hall–Kier alpha value is -0.620. The third kappa shape index (κ3) is 3.48. The van der Waals surface area contributed by atoms with Crippen molar-refractivity contribution in [1.82, 2.24) is 9.80 Å². The van der Waals surface area contributed by atoms with Gasteiger partial charge in [0.2, 0.25) is 5.91 Å². The van der Waals surface area contributed by atoms with Crippen molar-refractivity contribution in [2.45, 2.75) is 62.7 Å². The molecule has 0 aromatic carbocycles. The summed E-state index contributed by atoms with van der Waals surface area (Å²) in [5.74, 6) is 0.520. The lowest BCUT2D eigenvalue weighted by atomic mass is 9.93. The molecule has 22 heavy (non-hydrogen) atoms. The Kier molecular flexibility index (Phi) is 5.07. The molecule has 0 N–H and O–H groups in total. The molecule has 3 fully saturated rings. The average Bonchev–Trinajstić information content (AvgIpc) is 2.55. The largest absolute Gasteiger partial charge is 0.343 e. The second-order valence-corrected chi connectivity index (χ2v) is 9.32. The third-order valence-electron chi connectivity index (χ3n) is 5.58. The van der Waals surface area contributed by atoms with Crippen molar-refractivity contribution in [3.63, 3.8) is 0 Å². The number of carbonyl (C=O) groups is 1. The summed E-state index contributed by atoms with van der Waals surface area (Å²) in [4.78, 5) is 16.6. The van der Waals surface area contributed by atoms with Crippen LogP contribution in [0.5, 0.6) is 0 Å². The monoisotopic (exact) mass is 328 g/mol. The van der Waals surface area contributed by atoms with Crippen LogP contribution >= 0.6 is 0 Å². The minimum absolute atomic E-state index is 0.154. The highest BCUT2D eigenvalue weighted by Gasteiger charge is 2.42. The number of piperidine rings is 1. The van der Waals surface area contributed by atoms with Crippen molar-refractivity contribution < 1.29 is 13.2 Å². The van der Waals surface area contributed by atoms with E-state index in [1.54, 1.807) is 0 Å². The molecular formula is C16H28N2O3S. The maximum Gasteiger partial charge on any atom is 0.223 e. The van der Waals surface area contributed by atoms with E-state index in [9.17, 15) is 13.2 Å². The molecule has 3 aliphatic rings. The first-order valence-corrected chi connectivity index (χ1v) is 10.5. The summed E-state index contributed by atoms with van der Waals surface area (Å²) in [7, 11) is -2.91. The fourth-order valence-electron chi connectivity index (χ4n) is 4.29. The van der Waals surface area contributed by atoms with Crippen molar-refractivity contribution >= 4 is 15.7 Å². The highest BCUT2D eigenvalue weighted by molar-refractivity contribution is 7.92. The molecule has 6 heteroatoms. The molecule has 126 valence electrons. The van der Waals surface area contributed by atoms with Crippen molar-refractivity contribution in [3.05, 3.63) is 0 Å². The second-order valence-electron chi connectivity index (χ2n) is 6.98. The minimum Gasteiger partial charge on any atom is -0.343 e. The zero-order valence-corrected chi connectivity index (χ0v) is 14.2. The summed E-state index contributed by atoms with van der Waals surface area (Å²) in [6.07, 6.45) is 7.96. The van der Waals surface area contributed by atoms with E-state index < -0.39 is 9.84 Å². The van der Waals surface area contributed by atoms with Crippen LogP contribution in [0, 0.1) is 0 Å². The Bertz CT molecular complexity index is 500. The van der Waals surface area contributed by atoms with Crippen LogP contribution in [-0.4, -0.2) is 67.3 Å². The van der Waals surface area contributed by atoms with Gasteiger partial charge in [-0.15, -0.1) is 0 Å². The summed E-state index contributed by atoms with van der Waals surface area (Å²) in [6.45, 7) is 3.14. The van der Waals surface area contributed by atoms with E-state index in [1.807, 2.05) is 4.90 Å². The molecule has 2 heterocycles. The van der Waals surface area contributed by atoms with Gasteiger partial charge in [-0.3, -0.25) is 9.69 Å². The number of rotatable bonds is 3. The number of fused-ring (bicyclic) bond motifs is 1. The van der Waals surface area contributed by atoms with Crippen LogP contribution in [0.4, 0.5) is 0 Å². The van der Waals surface area contributed by atoms with Gasteiger partial charge in [-0.1, -0.05) is 12.8 Å². The summed E-state index contributed by atoms with van der Waals surface area (Å²) in [5, 5.41) is -0.180. The summed E-state index contributed by atoms with van der Waals surface area (Å²) >= 11 is 0. The van der Waals surface area contributed by atoms with Gasteiger partial charge >= 0.3 is 0 Å². The summed E-state index contributed by atoms with van der Waals surface area (Å²) in [6, 6.07) is 0.154. The van der Waals surface area contributed by atoms with E-state index in [2.05, 4.69) is 4.90 Å². The van der Waals surface area contributed by atoms with Gasteiger partial charge in [0.15, 0.2) is 9.84 Å². The molecule has 2 atom stereocenters. The van der Waals surface area contributed by atoms with Crippen LogP contribution in [-0.2, 0) is 14.6 Å². The third-order valence-corrected chi connectivity index (χ3v) is 7.81. The highest BCUT2D eigenvalue weighted by Crippen LogP contribution is 2.32. The molecule has 0 aromatic heterocycles. The molecular weight excluding hydrogens is 300 g/mol. The van der Waals surface area contributed by atoms with Crippen LogP contribution in [0.15, 0.2) is 0 Å². The van der Waals surface area contributed by atoms with E-state index in [0.717, 1.165) is 58.2 Å². The molecule has 1 saturated carbocycles. The van der Waals surface area contributed by atoms with Gasteiger partial charge in [-0.25, -0.2) is 8.42 Å². The molecule has 5 nitrogen and oxygen atoms in total. The first-order chi connectivity index (χ1) is 10.6. The highest BCUT2D eigenvalue weighted by atomic mass is 32.2. The number of amides is 1. The lowest BCUT2D eigenvalue weighted by Gasteiger charge is -2.43. The molecule has 0 radical (unpaired) electrons. The minimum atomic E-state index is -2.91. The van der Waals surface area contributed by atoms with Gasteiger partial charge in [0.05, 0.1) is 11.0 Å². The van der Waals surface area contributed by atoms with Crippen LogP contribution in [0.3, 0.4) is 0 Å². The Morgan fingerprint density at radius 3 is 2.45 bits per heavy atom. The predicted molar refractivity (Wildman–Crippen MR) is 86.5 cm³/mol. The van der Waals surface area contributed by atoms with E-state index in [4.69, 9.17) is 0 Å². The number of sulfone groups is 1. The zero-order valence-electron chi connectivity index (χ0n) is 13.4. The lowest BCUT2D eigenvalue weighted by molar-refractivity contribution is -0.132. The number of hydrogen-bond acceptors (Lipinski definition) is 4. The second kappa shape index (κ2) is 6.87. The molecule has 0 bridgehead atoms. The maximum atomic E-state index is 12.3. The Morgan fingerprint density at radius 1 is 0.955 bits per heavy atom. The van der Waals surface area contributed by atoms with Gasteiger partial charge in [0, 0.05) is 38.6 Å². The number of likely N-dealkylation sites (tertiary alicyclic amines) is 1. The Morgan fingerprint density at radius 2 is 1.68 bits per heavy atom. The molecule has 0 aromatic rings. The van der Waals surface area contributed by atoms with E-state index in [1.165, 1.54) is 6.42 Å². The lowest BCUT2D eigenvalue weighted by Crippen LogP contribution is -2.56. The number of carbonyl (C=O) groups excluding carboxylic acids is 1. The maximum absolute atomic E-state index is 12.3. The number of nitrogens with zero attached hydrogens (tertiary/aromatic N) is 2. The molecule has 2 aliphatic heterocycles. The SMILES string of the molecule is O=C(CCN1CCS(=O)(=O)[C@H]2CCCC[C@H]21)N1CCCCC1. The normalized spacial score (nSPS) is 32.5. The van der Waals surface area contributed by atoms with Crippen LogP contribution in [0.1, 0.15) is 51.4 Å². The van der Waals surface area contributed by atoms with E-state index in [0.29, 0.717) is 13.0 Å². The van der Waals surface area contributed by atoms with Crippen molar-refractivity contribution in [1.29, 1.82) is 0 Å². The average molecular weight is 328 g/mol. The molecule has 0 unspecified atom stereocenters. The molecule has 1 aliphatic carbocycles. The standard InChI is InChI=1S/C16H28N2O3S/c19-16(18-9-4-1-5-10-18)8-11-17-12-13-22(20,21)15-7-3-2-6-14(15)17/h14-15H,1-13H2/t14-,15+/m1/s1. The van der Waals surface area contributed by atoms with Crippen LogP contribution in [0.2, 0.25) is 0 Å². The smallest absolute Gasteiger partial charge is 0.223 e. The van der Waals surface area contributed by atoms with Crippen molar-refractivity contribution in [3.8, 4) is 0 Å². The first-order valence-electron chi connectivity index (χ1n) is 8.81. The van der Waals surface area contributed by atoms with E-state index >= 15 is 0 Å². The topological polar surface area (TPSA) is 57.7 Å². The van der Waals surface area contributed by atoms with Gasteiger partial charge < -0.3 is 4.90 Å². The number of hydrogen-bond donors (Lipinski definition) is 0. The zero-order chi connectivity index (χ0) is 15.6. The summed E-state index contributed by atoms with van der Waals surface area (Å²) < 4.78 is 24.5. The summed E-state index contributed by atoms with van der Waals surface area (Å²) in [5.41, 5.74) is 0. The molecule has 2 saturated heterocycles. The van der Waals surface area contributed by atoms with Crippen molar-refractivity contribution in [2.75, 3.05) is 31.9 Å². The van der Waals surface area contributed by atoms with Gasteiger partial charge in [-0.2, -0.15) is 0 Å². The van der Waals surface area contributed by atoms with Gasteiger partial charge in [0.1, 0.15) is 0 Å². The van der Waals surface area contributed by atoms with Gasteiger partial charge in [0.25, 0.3) is 0 Å². The Balaban J connectivity index is 1.56. The molecule has 0 spiro atoms. The van der Waals surface area contributed by atoms with Crippen molar-refractivity contribution in [2.24, 2.45) is 0 Å². The first kappa shape index (κ1) is 16.2. The molecule has 1 amide bonds. The van der Waals surface area contributed by atoms with Crippen LogP contribution in [0.25, 0.3) is 0 Å². The fraction of sp³-hybridized carbons (Fsp3) is 0.938. The molecule has 3 rings (SSSR count).